The van der Waals surface area contributed by atoms with Crippen molar-refractivity contribution in [1.29, 1.82) is 0 Å². The summed E-state index contributed by atoms with van der Waals surface area (Å²) in [6.45, 7) is 8.16. The molecule has 0 aliphatic heterocycles. The van der Waals surface area contributed by atoms with Crippen molar-refractivity contribution in [3.63, 3.8) is 0 Å². The Morgan fingerprint density at radius 3 is 3.04 bits per heavy atom. The Labute approximate surface area is 149 Å². The number of rotatable bonds is 10. The molecular weight excluding hydrogens is 346 g/mol. The van der Waals surface area contributed by atoms with E-state index in [-0.39, 0.29) is 11.2 Å². The number of nitrogens with one attached hydrogen (secondary N) is 2. The molecule has 2 aromatic rings. The highest BCUT2D eigenvalue weighted by Gasteiger charge is 2.22. The van der Waals surface area contributed by atoms with Crippen LogP contribution in [0.15, 0.2) is 27.6 Å². The molecule has 1 atom stereocenters. The fourth-order valence-corrected chi connectivity index (χ4v) is 3.92. The van der Waals surface area contributed by atoms with E-state index in [1.807, 2.05) is 0 Å². The van der Waals surface area contributed by atoms with Gasteiger partial charge in [-0.25, -0.2) is 0 Å². The quantitative estimate of drug-likeness (QED) is 0.488. The first-order chi connectivity index (χ1) is 11.6. The fourth-order valence-electron chi connectivity index (χ4n) is 1.88. The Morgan fingerprint density at radius 2 is 2.38 bits per heavy atom. The van der Waals surface area contributed by atoms with Gasteiger partial charge in [-0.1, -0.05) is 54.1 Å². The van der Waals surface area contributed by atoms with E-state index in [2.05, 4.69) is 39.5 Å². The van der Waals surface area contributed by atoms with Crippen molar-refractivity contribution in [2.24, 2.45) is 0 Å². The van der Waals surface area contributed by atoms with Gasteiger partial charge in [-0.2, -0.15) is 0 Å². The van der Waals surface area contributed by atoms with Gasteiger partial charge in [-0.15, -0.1) is 16.8 Å². The third-order valence-corrected chi connectivity index (χ3v) is 5.27. The summed E-state index contributed by atoms with van der Waals surface area (Å²) in [6, 6.07) is 1.70. The maximum atomic E-state index is 12.5. The molecule has 2 N–H and O–H groups in total. The maximum Gasteiger partial charge on any atom is 0.239 e. The highest BCUT2D eigenvalue weighted by atomic mass is 32.2. The minimum Gasteiger partial charge on any atom is -0.360 e. The number of carbonyl (C=O) groups excluding carboxylic acids is 1. The first-order valence-corrected chi connectivity index (χ1v) is 9.41. The lowest BCUT2D eigenvalue weighted by Gasteiger charge is -2.13. The lowest BCUT2D eigenvalue weighted by Crippen LogP contribution is -2.25. The zero-order chi connectivity index (χ0) is 17.4. The van der Waals surface area contributed by atoms with Gasteiger partial charge < -0.3 is 15.2 Å². The number of nitrogens with zero attached hydrogens (tertiary/aromatic N) is 3. The second kappa shape index (κ2) is 9.43. The van der Waals surface area contributed by atoms with Crippen LogP contribution in [0.2, 0.25) is 0 Å². The maximum absolute atomic E-state index is 12.5. The third-order valence-electron chi connectivity index (χ3n) is 3.04. The normalized spacial score (nSPS) is 11.9. The van der Waals surface area contributed by atoms with E-state index in [9.17, 15) is 4.79 Å². The Balaban J connectivity index is 1.99. The predicted octanol–water partition coefficient (Wildman–Crippen LogP) is 3.72. The molecule has 0 fully saturated rings. The van der Waals surface area contributed by atoms with Crippen LogP contribution in [-0.2, 0) is 4.79 Å². The monoisotopic (exact) mass is 367 g/mol. The number of aryl methyl sites for hydroxylation is 1. The fraction of sp³-hybridized carbons (Fsp3) is 0.467. The number of anilines is 2. The van der Waals surface area contributed by atoms with Crippen molar-refractivity contribution in [2.45, 2.75) is 42.7 Å². The second-order valence-corrected chi connectivity index (χ2v) is 7.53. The molecule has 130 valence electrons. The van der Waals surface area contributed by atoms with E-state index in [1.165, 1.54) is 23.1 Å². The molecule has 2 heterocycles. The average Bonchev–Trinajstić information content (AvgIpc) is 3.18. The smallest absolute Gasteiger partial charge is 0.239 e. The summed E-state index contributed by atoms with van der Waals surface area (Å²) >= 11 is 2.86. The lowest BCUT2D eigenvalue weighted by molar-refractivity contribution is -0.115. The van der Waals surface area contributed by atoms with Gasteiger partial charge in [-0.3, -0.25) is 4.79 Å². The van der Waals surface area contributed by atoms with Crippen molar-refractivity contribution < 1.29 is 9.32 Å². The van der Waals surface area contributed by atoms with Gasteiger partial charge in [0.15, 0.2) is 10.2 Å². The highest BCUT2D eigenvalue weighted by Crippen LogP contribution is 2.31. The predicted molar refractivity (Wildman–Crippen MR) is 97.6 cm³/mol. The Bertz CT molecular complexity index is 670. The molecule has 0 aliphatic carbocycles. The SMILES string of the molecule is C=CCNc1nnc(SC(CCCC)C(=O)Nc2cc(C)on2)s1. The van der Waals surface area contributed by atoms with E-state index < -0.39 is 0 Å². The second-order valence-electron chi connectivity index (χ2n) is 5.10. The molecule has 0 aromatic carbocycles. The van der Waals surface area contributed by atoms with Gasteiger partial charge >= 0.3 is 0 Å². The largest absolute Gasteiger partial charge is 0.360 e. The molecular formula is C15H21N5O2S2. The molecule has 24 heavy (non-hydrogen) atoms. The summed E-state index contributed by atoms with van der Waals surface area (Å²) in [6.07, 6.45) is 4.50. The third kappa shape index (κ3) is 5.64. The Kier molecular flexibility index (Phi) is 7.26. The van der Waals surface area contributed by atoms with Gasteiger partial charge in [0, 0.05) is 12.6 Å². The van der Waals surface area contributed by atoms with Gasteiger partial charge in [-0.05, 0) is 13.3 Å². The average molecular weight is 368 g/mol. The van der Waals surface area contributed by atoms with Gasteiger partial charge in [0.1, 0.15) is 5.76 Å². The van der Waals surface area contributed by atoms with Crippen LogP contribution in [0.25, 0.3) is 0 Å². The van der Waals surface area contributed by atoms with Crippen LogP contribution in [-0.4, -0.2) is 33.1 Å². The molecule has 0 spiro atoms. The summed E-state index contributed by atoms with van der Waals surface area (Å²) < 4.78 is 5.74. The van der Waals surface area contributed by atoms with Gasteiger partial charge in [0.25, 0.3) is 0 Å². The number of hydrogen-bond acceptors (Lipinski definition) is 8. The van der Waals surface area contributed by atoms with Crippen molar-refractivity contribution in [1.82, 2.24) is 15.4 Å². The number of hydrogen-bond donors (Lipinski definition) is 2. The molecule has 0 bridgehead atoms. The minimum atomic E-state index is -0.248. The molecule has 1 amide bonds. The van der Waals surface area contributed by atoms with Crippen molar-refractivity contribution >= 4 is 40.0 Å². The summed E-state index contributed by atoms with van der Waals surface area (Å²) in [4.78, 5) is 12.5. The van der Waals surface area contributed by atoms with Gasteiger partial charge in [0.2, 0.25) is 11.0 Å². The zero-order valence-corrected chi connectivity index (χ0v) is 15.4. The number of aromatic nitrogens is 3. The molecule has 0 aliphatic rings. The lowest BCUT2D eigenvalue weighted by atomic mass is 10.2. The summed E-state index contributed by atoms with van der Waals surface area (Å²) in [7, 11) is 0. The Morgan fingerprint density at radius 1 is 1.54 bits per heavy atom. The number of carbonyl (C=O) groups is 1. The van der Waals surface area contributed by atoms with Crippen LogP contribution in [0, 0.1) is 6.92 Å². The summed E-state index contributed by atoms with van der Waals surface area (Å²) in [5, 5.41) is 18.4. The number of unbranched alkanes of at least 4 members (excludes halogenated alkanes) is 1. The van der Waals surface area contributed by atoms with Crippen LogP contribution in [0.5, 0.6) is 0 Å². The zero-order valence-electron chi connectivity index (χ0n) is 13.7. The van der Waals surface area contributed by atoms with E-state index in [4.69, 9.17) is 4.52 Å². The first kappa shape index (κ1) is 18.5. The molecule has 7 nitrogen and oxygen atoms in total. The number of amides is 1. The van der Waals surface area contributed by atoms with Crippen molar-refractivity contribution in [3.05, 3.63) is 24.5 Å². The standard InChI is InChI=1S/C15H21N5O2S2/c1-4-6-7-11(13(21)17-12-9-10(3)22-20-12)23-15-19-18-14(24-15)16-8-5-2/h5,9,11H,2,4,6-8H2,1,3H3,(H,16,18)(H,17,20,21). The molecule has 0 saturated carbocycles. The van der Waals surface area contributed by atoms with E-state index in [0.717, 1.165) is 28.7 Å². The first-order valence-electron chi connectivity index (χ1n) is 7.71. The Hall–Kier alpha value is -1.87. The van der Waals surface area contributed by atoms with Crippen LogP contribution < -0.4 is 10.6 Å². The molecule has 0 radical (unpaired) electrons. The van der Waals surface area contributed by atoms with Crippen LogP contribution >= 0.6 is 23.1 Å². The van der Waals surface area contributed by atoms with Crippen LogP contribution in [0.3, 0.4) is 0 Å². The molecule has 9 heteroatoms. The molecule has 0 saturated heterocycles. The van der Waals surface area contributed by atoms with Crippen LogP contribution in [0.1, 0.15) is 31.9 Å². The number of thioether (sulfide) groups is 1. The van der Waals surface area contributed by atoms with Crippen molar-refractivity contribution in [2.75, 3.05) is 17.2 Å². The van der Waals surface area contributed by atoms with E-state index >= 15 is 0 Å². The van der Waals surface area contributed by atoms with E-state index in [1.54, 1.807) is 19.1 Å². The summed E-state index contributed by atoms with van der Waals surface area (Å²) in [5.41, 5.74) is 0. The minimum absolute atomic E-state index is 0.0995. The van der Waals surface area contributed by atoms with Crippen LogP contribution in [0.4, 0.5) is 10.9 Å². The topological polar surface area (TPSA) is 92.9 Å². The molecule has 2 rings (SSSR count). The van der Waals surface area contributed by atoms with E-state index in [0.29, 0.717) is 18.1 Å². The van der Waals surface area contributed by atoms with Crippen molar-refractivity contribution in [3.8, 4) is 0 Å². The summed E-state index contributed by atoms with van der Waals surface area (Å²) in [5.74, 6) is 0.993. The highest BCUT2D eigenvalue weighted by molar-refractivity contribution is 8.02. The van der Waals surface area contributed by atoms with Gasteiger partial charge in [0.05, 0.1) is 5.25 Å². The molecule has 1 unspecified atom stereocenters. The molecule has 2 aromatic heterocycles.